The van der Waals surface area contributed by atoms with E-state index in [9.17, 15) is 0 Å². The van der Waals surface area contributed by atoms with Crippen LogP contribution in [0, 0.1) is 17.9 Å². The van der Waals surface area contributed by atoms with Crippen molar-refractivity contribution in [2.24, 2.45) is 0 Å². The molecule has 330 valence electrons. The number of ether oxygens (including phenoxy) is 1. The van der Waals surface area contributed by atoms with Gasteiger partial charge in [-0.05, 0) is 83.7 Å². The number of fused-ring (bicyclic) bond motifs is 4. The normalized spacial score (nSPS) is 13.1. The Kier molecular flexibility index (Phi) is 11.6. The minimum absolute atomic E-state index is 0. The first-order chi connectivity index (χ1) is 30.1. The third-order valence-corrected chi connectivity index (χ3v) is 12.3. The molecule has 6 aromatic carbocycles. The molecule has 65 heavy (non-hydrogen) atoms. The fourth-order valence-electron chi connectivity index (χ4n) is 8.50. The molecule has 0 spiro atoms. The Morgan fingerprint density at radius 2 is 1.25 bits per heavy atom. The molecule has 8 aromatic rings. The van der Waals surface area contributed by atoms with Crippen LogP contribution in [0.15, 0.2) is 128 Å². The number of para-hydroxylation sites is 2. The van der Waals surface area contributed by atoms with E-state index in [4.69, 9.17) is 9.72 Å². The Labute approximate surface area is 398 Å². The molecule has 0 N–H and O–H groups in total. The Balaban J connectivity index is 0.00000576. The molecule has 0 bridgehead atoms. The molecule has 0 atom stereocenters. The summed E-state index contributed by atoms with van der Waals surface area (Å²) in [4.78, 5) is 4.77. The molecule has 0 fully saturated rings. The number of benzene rings is 6. The topological polar surface area (TPSA) is 33.1 Å². The van der Waals surface area contributed by atoms with Crippen molar-refractivity contribution in [3.63, 3.8) is 0 Å². The van der Waals surface area contributed by atoms with Crippen LogP contribution in [0.25, 0.3) is 38.8 Å². The van der Waals surface area contributed by atoms with Gasteiger partial charge in [0, 0.05) is 47.2 Å². The van der Waals surface area contributed by atoms with Crippen LogP contribution >= 0.6 is 0 Å². The SMILES string of the molecule is CC(C)(C)c1cccc(-c2cccc3c2[N+](c2cc(C(C)(C)C)cc(C(C)(C)C)c2)=C=[N+]3c2[c-]c(Oc3[c-]c4c(c(F)c3)c3ccccc3n4-c3cc(C(C)(C)C)ccn3)ccc2)c1.[Pt+2]. The van der Waals surface area contributed by atoms with Crippen molar-refractivity contribution in [1.82, 2.24) is 18.7 Å². The van der Waals surface area contributed by atoms with Gasteiger partial charge in [0.05, 0.1) is 5.56 Å². The number of pyridine rings is 1. The van der Waals surface area contributed by atoms with Crippen molar-refractivity contribution >= 4 is 50.6 Å². The number of hydrogen-bond acceptors (Lipinski definition) is 2. The second-order valence-corrected chi connectivity index (χ2v) is 21.3. The summed E-state index contributed by atoms with van der Waals surface area (Å²) in [6.07, 6.45) is 1.82. The zero-order valence-corrected chi connectivity index (χ0v) is 41.8. The third-order valence-electron chi connectivity index (χ3n) is 12.3. The molecule has 7 heteroatoms. The van der Waals surface area contributed by atoms with Gasteiger partial charge in [0.15, 0.2) is 0 Å². The molecule has 0 amide bonds. The fraction of sp³-hybridized carbons (Fsp3) is 0.276. The summed E-state index contributed by atoms with van der Waals surface area (Å²) in [5, 5.41) is 1.25. The van der Waals surface area contributed by atoms with Gasteiger partial charge < -0.3 is 9.30 Å². The first-order valence-corrected chi connectivity index (χ1v) is 22.2. The predicted molar refractivity (Wildman–Crippen MR) is 264 cm³/mol. The molecule has 1 aliphatic heterocycles. The first-order valence-electron chi connectivity index (χ1n) is 22.2. The average molecular weight is 1040 g/mol. The minimum atomic E-state index is -0.400. The number of aromatic nitrogens is 2. The predicted octanol–water partition coefficient (Wildman–Crippen LogP) is 15.4. The van der Waals surface area contributed by atoms with Gasteiger partial charge in [0.2, 0.25) is 5.69 Å². The van der Waals surface area contributed by atoms with Gasteiger partial charge in [-0.3, -0.25) is 0 Å². The number of nitrogens with zero attached hydrogens (tertiary/aromatic N) is 4. The van der Waals surface area contributed by atoms with Crippen LogP contribution in [0.1, 0.15) is 105 Å². The van der Waals surface area contributed by atoms with Gasteiger partial charge in [-0.2, -0.15) is 6.07 Å². The van der Waals surface area contributed by atoms with E-state index in [0.717, 1.165) is 50.3 Å². The van der Waals surface area contributed by atoms with Crippen LogP contribution in [0.2, 0.25) is 0 Å². The standard InChI is InChI=1S/C58H57FN4O.Pt/c1-55(2,3)38-19-15-18-37(28-38)46-23-17-25-50-54(46)62(43-30-40(57(7,8)9)29-41(31-43)58(10,11)12)36-61(50)42-20-16-21-44(33-42)64-45-34-48(59)53-47-22-13-14-24-49(47)63(51(53)35-45)52-32-39(26-27-60-52)56(4,5)6;/h13-32,34H,1-12H3;/q;+2. The van der Waals surface area contributed by atoms with E-state index in [0.29, 0.717) is 22.5 Å². The maximum atomic E-state index is 16.5. The zero-order chi connectivity index (χ0) is 45.5. The maximum absolute atomic E-state index is 16.5. The van der Waals surface area contributed by atoms with E-state index in [-0.39, 0.29) is 48.5 Å². The minimum Gasteiger partial charge on any atom is -0.509 e. The van der Waals surface area contributed by atoms with Gasteiger partial charge in [0.1, 0.15) is 11.5 Å². The number of halogens is 1. The fourth-order valence-corrected chi connectivity index (χ4v) is 8.50. The Morgan fingerprint density at radius 3 is 1.94 bits per heavy atom. The summed E-state index contributed by atoms with van der Waals surface area (Å²) in [5.74, 6) is 0.947. The quantitative estimate of drug-likeness (QED) is 0.123. The molecule has 0 saturated carbocycles. The number of rotatable bonds is 6. The second-order valence-electron chi connectivity index (χ2n) is 21.3. The van der Waals surface area contributed by atoms with E-state index in [1.165, 1.54) is 22.8 Å². The molecule has 2 aromatic heterocycles. The van der Waals surface area contributed by atoms with Crippen LogP contribution < -0.4 is 13.9 Å². The summed E-state index contributed by atoms with van der Waals surface area (Å²) in [6, 6.07) is 52.2. The Hall–Kier alpha value is -5.93. The van der Waals surface area contributed by atoms with Crippen LogP contribution in [0.5, 0.6) is 11.5 Å². The zero-order valence-electron chi connectivity index (χ0n) is 39.5. The van der Waals surface area contributed by atoms with Crippen LogP contribution in [-0.4, -0.2) is 15.6 Å². The van der Waals surface area contributed by atoms with E-state index in [1.54, 1.807) is 0 Å². The van der Waals surface area contributed by atoms with Crippen molar-refractivity contribution in [3.05, 3.63) is 168 Å². The van der Waals surface area contributed by atoms with Gasteiger partial charge in [-0.25, -0.2) is 9.37 Å². The molecular weight excluding hydrogens is 983 g/mol. The van der Waals surface area contributed by atoms with Crippen molar-refractivity contribution in [2.45, 2.75) is 105 Å². The van der Waals surface area contributed by atoms with Crippen molar-refractivity contribution in [1.29, 1.82) is 0 Å². The van der Waals surface area contributed by atoms with Crippen LogP contribution in [-0.2, 0) is 42.7 Å². The Bertz CT molecular complexity index is 3200. The van der Waals surface area contributed by atoms with Gasteiger partial charge in [0.25, 0.3) is 5.69 Å². The van der Waals surface area contributed by atoms with E-state index in [1.807, 2.05) is 59.3 Å². The Morgan fingerprint density at radius 1 is 0.600 bits per heavy atom. The van der Waals surface area contributed by atoms with E-state index in [2.05, 4.69) is 177 Å². The maximum Gasteiger partial charge on any atom is 2.00 e. The van der Waals surface area contributed by atoms with Crippen molar-refractivity contribution in [3.8, 4) is 28.4 Å². The summed E-state index contributed by atoms with van der Waals surface area (Å²) in [7, 11) is 0. The molecule has 9 rings (SSSR count). The average Bonchev–Trinajstić information content (AvgIpc) is 3.79. The summed E-state index contributed by atoms with van der Waals surface area (Å²) in [6.45, 7) is 26.9. The van der Waals surface area contributed by atoms with Gasteiger partial charge >= 0.3 is 32.8 Å². The smallest absolute Gasteiger partial charge is 0.509 e. The van der Waals surface area contributed by atoms with Crippen LogP contribution in [0.3, 0.4) is 0 Å². The molecule has 0 radical (unpaired) electrons. The van der Waals surface area contributed by atoms with E-state index >= 15 is 4.39 Å². The van der Waals surface area contributed by atoms with Crippen LogP contribution in [0.4, 0.5) is 27.1 Å². The molecule has 0 unspecified atom stereocenters. The van der Waals surface area contributed by atoms with Crippen molar-refractivity contribution < 1.29 is 30.2 Å². The molecule has 1 aliphatic rings. The molecule has 0 aliphatic carbocycles. The second kappa shape index (κ2) is 16.5. The van der Waals surface area contributed by atoms with Crippen molar-refractivity contribution in [2.75, 3.05) is 0 Å². The number of hydrogen-bond donors (Lipinski definition) is 0. The monoisotopic (exact) mass is 1040 g/mol. The first kappa shape index (κ1) is 45.6. The van der Waals surface area contributed by atoms with Gasteiger partial charge in [-0.15, -0.1) is 12.1 Å². The molecule has 3 heterocycles. The molecular formula is C58H57FN4OPt+2. The van der Waals surface area contributed by atoms with E-state index < -0.39 is 5.82 Å². The largest absolute Gasteiger partial charge is 2.00 e. The molecule has 0 saturated heterocycles. The summed E-state index contributed by atoms with van der Waals surface area (Å²) >= 11 is 0. The van der Waals surface area contributed by atoms with Gasteiger partial charge in [-0.1, -0.05) is 171 Å². The summed E-state index contributed by atoms with van der Waals surface area (Å²) in [5.41, 5.74) is 12.0. The summed E-state index contributed by atoms with van der Waals surface area (Å²) < 4.78 is 29.2. The third kappa shape index (κ3) is 8.67. The molecule has 5 nitrogen and oxygen atoms in total.